The zero-order valence-electron chi connectivity index (χ0n) is 14.4. The van der Waals surface area contributed by atoms with Crippen LogP contribution in [0.3, 0.4) is 0 Å². The van der Waals surface area contributed by atoms with Gasteiger partial charge < -0.3 is 10.4 Å². The first-order chi connectivity index (χ1) is 12.1. The molecule has 5 nitrogen and oxygen atoms in total. The number of carboxylic acids is 1. The molecule has 3 rings (SSSR count). The number of carboxylic acid groups (broad SMARTS) is 1. The van der Waals surface area contributed by atoms with Gasteiger partial charge in [-0.05, 0) is 31.2 Å². The molecule has 25 heavy (non-hydrogen) atoms. The Bertz CT molecular complexity index is 621. The number of carbonyl (C=O) groups is 2. The fourth-order valence-electron chi connectivity index (χ4n) is 3.76. The van der Waals surface area contributed by atoms with Gasteiger partial charge in [0, 0.05) is 25.7 Å². The lowest BCUT2D eigenvalue weighted by molar-refractivity contribution is -0.147. The first-order valence-corrected chi connectivity index (χ1v) is 9.08. The lowest BCUT2D eigenvalue weighted by Crippen LogP contribution is -2.48. The van der Waals surface area contributed by atoms with Gasteiger partial charge in [0.2, 0.25) is 5.91 Å². The molecular weight excluding hydrogens is 316 g/mol. The number of rotatable bonds is 5. The highest BCUT2D eigenvalue weighted by molar-refractivity contribution is 5.85. The Morgan fingerprint density at radius 2 is 1.68 bits per heavy atom. The van der Waals surface area contributed by atoms with E-state index in [9.17, 15) is 14.7 Å². The molecule has 1 amide bonds. The first kappa shape index (κ1) is 17.7. The van der Waals surface area contributed by atoms with Crippen molar-refractivity contribution in [2.75, 3.05) is 13.1 Å². The number of likely N-dealkylation sites (tertiary alicyclic amines) is 1. The smallest absolute Gasteiger partial charge is 0.307 e. The van der Waals surface area contributed by atoms with Gasteiger partial charge in [-0.2, -0.15) is 0 Å². The molecule has 0 saturated carbocycles. The molecule has 1 aliphatic carbocycles. The molecule has 0 aromatic heterocycles. The molecule has 5 heteroatoms. The summed E-state index contributed by atoms with van der Waals surface area (Å²) in [5.41, 5.74) is 1.31. The van der Waals surface area contributed by atoms with Crippen LogP contribution in [0.1, 0.15) is 31.2 Å². The van der Waals surface area contributed by atoms with Gasteiger partial charge in [0.25, 0.3) is 0 Å². The lowest BCUT2D eigenvalue weighted by atomic mass is 9.82. The Labute approximate surface area is 148 Å². The fourth-order valence-corrected chi connectivity index (χ4v) is 3.76. The van der Waals surface area contributed by atoms with E-state index in [2.05, 4.69) is 34.5 Å². The third kappa shape index (κ3) is 4.69. The van der Waals surface area contributed by atoms with Gasteiger partial charge in [-0.15, -0.1) is 0 Å². The number of benzene rings is 1. The van der Waals surface area contributed by atoms with E-state index < -0.39 is 17.8 Å². The van der Waals surface area contributed by atoms with Crippen LogP contribution in [-0.4, -0.2) is 41.0 Å². The van der Waals surface area contributed by atoms with E-state index in [0.717, 1.165) is 32.5 Å². The molecule has 0 radical (unpaired) electrons. The third-order valence-electron chi connectivity index (χ3n) is 5.27. The third-order valence-corrected chi connectivity index (χ3v) is 5.27. The molecular formula is C20H26N2O3. The highest BCUT2D eigenvalue weighted by Gasteiger charge is 2.35. The Kier molecular flexibility index (Phi) is 5.87. The van der Waals surface area contributed by atoms with Gasteiger partial charge in [-0.1, -0.05) is 42.5 Å². The minimum Gasteiger partial charge on any atom is -0.481 e. The van der Waals surface area contributed by atoms with Gasteiger partial charge in [0.15, 0.2) is 0 Å². The van der Waals surface area contributed by atoms with Crippen molar-refractivity contribution in [2.45, 2.75) is 38.3 Å². The van der Waals surface area contributed by atoms with Crippen LogP contribution < -0.4 is 5.32 Å². The summed E-state index contributed by atoms with van der Waals surface area (Å²) >= 11 is 0. The van der Waals surface area contributed by atoms with E-state index in [4.69, 9.17) is 0 Å². The molecule has 1 aliphatic heterocycles. The normalized spacial score (nSPS) is 24.8. The van der Waals surface area contributed by atoms with Crippen molar-refractivity contribution in [3.05, 3.63) is 48.0 Å². The van der Waals surface area contributed by atoms with E-state index in [1.165, 1.54) is 5.56 Å². The highest BCUT2D eigenvalue weighted by Crippen LogP contribution is 2.26. The Balaban J connectivity index is 1.47. The second-order valence-electron chi connectivity index (χ2n) is 7.04. The Morgan fingerprint density at radius 1 is 1.04 bits per heavy atom. The molecule has 0 bridgehead atoms. The maximum Gasteiger partial charge on any atom is 0.307 e. The minimum atomic E-state index is -0.873. The fraction of sp³-hybridized carbons (Fsp3) is 0.500. The van der Waals surface area contributed by atoms with Crippen LogP contribution in [0.25, 0.3) is 0 Å². The number of hydrogen-bond acceptors (Lipinski definition) is 3. The predicted octanol–water partition coefficient (Wildman–Crippen LogP) is 2.43. The standard InChI is InChI=1S/C20H26N2O3/c23-19(17-8-4-5-9-18(17)20(24)25)21-16-10-12-22(13-11-16)14-15-6-2-1-3-7-15/h1-7,16-18H,8-14H2,(H,21,23)(H,24,25). The number of piperidine rings is 1. The Hall–Kier alpha value is -2.14. The van der Waals surface area contributed by atoms with E-state index in [-0.39, 0.29) is 11.9 Å². The molecule has 1 aromatic carbocycles. The first-order valence-electron chi connectivity index (χ1n) is 9.08. The van der Waals surface area contributed by atoms with Gasteiger partial charge >= 0.3 is 5.97 Å². The van der Waals surface area contributed by atoms with Crippen molar-refractivity contribution in [1.29, 1.82) is 0 Å². The SMILES string of the molecule is O=C(O)C1CC=CCC1C(=O)NC1CCN(Cc2ccccc2)CC1. The topological polar surface area (TPSA) is 69.6 Å². The summed E-state index contributed by atoms with van der Waals surface area (Å²) in [6.45, 7) is 2.84. The molecule has 2 atom stereocenters. The van der Waals surface area contributed by atoms with Crippen LogP contribution in [0.5, 0.6) is 0 Å². The maximum atomic E-state index is 12.5. The zero-order chi connectivity index (χ0) is 17.6. The maximum absolute atomic E-state index is 12.5. The van der Waals surface area contributed by atoms with Crippen LogP contribution >= 0.6 is 0 Å². The molecule has 1 fully saturated rings. The van der Waals surface area contributed by atoms with Crippen LogP contribution in [-0.2, 0) is 16.1 Å². The molecule has 0 spiro atoms. The number of carbonyl (C=O) groups excluding carboxylic acids is 1. The number of nitrogens with one attached hydrogen (secondary N) is 1. The molecule has 2 aliphatic rings. The summed E-state index contributed by atoms with van der Waals surface area (Å²) in [5, 5.41) is 12.4. The average Bonchev–Trinajstić information content (AvgIpc) is 2.64. The van der Waals surface area contributed by atoms with Crippen LogP contribution in [0.15, 0.2) is 42.5 Å². The average molecular weight is 342 g/mol. The second kappa shape index (κ2) is 8.30. The van der Waals surface area contributed by atoms with Crippen molar-refractivity contribution in [3.8, 4) is 0 Å². The number of aliphatic carboxylic acids is 1. The number of allylic oxidation sites excluding steroid dienone is 2. The van der Waals surface area contributed by atoms with Crippen molar-refractivity contribution >= 4 is 11.9 Å². The van der Waals surface area contributed by atoms with Crippen molar-refractivity contribution in [2.24, 2.45) is 11.8 Å². The van der Waals surface area contributed by atoms with E-state index in [1.54, 1.807) is 0 Å². The largest absolute Gasteiger partial charge is 0.481 e. The molecule has 2 unspecified atom stereocenters. The van der Waals surface area contributed by atoms with Crippen LogP contribution in [0.2, 0.25) is 0 Å². The van der Waals surface area contributed by atoms with Crippen LogP contribution in [0, 0.1) is 11.8 Å². The number of nitrogens with zero attached hydrogens (tertiary/aromatic N) is 1. The van der Waals surface area contributed by atoms with E-state index >= 15 is 0 Å². The zero-order valence-corrected chi connectivity index (χ0v) is 14.4. The number of hydrogen-bond donors (Lipinski definition) is 2. The summed E-state index contributed by atoms with van der Waals surface area (Å²) in [6, 6.07) is 10.6. The number of amides is 1. The van der Waals surface area contributed by atoms with E-state index in [0.29, 0.717) is 12.8 Å². The predicted molar refractivity (Wildman–Crippen MR) is 95.9 cm³/mol. The van der Waals surface area contributed by atoms with E-state index in [1.807, 2.05) is 18.2 Å². The molecule has 1 heterocycles. The van der Waals surface area contributed by atoms with Gasteiger partial charge in [0.05, 0.1) is 11.8 Å². The Morgan fingerprint density at radius 3 is 2.32 bits per heavy atom. The minimum absolute atomic E-state index is 0.0988. The molecule has 1 aromatic rings. The van der Waals surface area contributed by atoms with Gasteiger partial charge in [0.1, 0.15) is 0 Å². The van der Waals surface area contributed by atoms with Gasteiger partial charge in [-0.3, -0.25) is 14.5 Å². The van der Waals surface area contributed by atoms with Crippen molar-refractivity contribution in [3.63, 3.8) is 0 Å². The summed E-state index contributed by atoms with van der Waals surface area (Å²) in [7, 11) is 0. The van der Waals surface area contributed by atoms with Gasteiger partial charge in [-0.25, -0.2) is 0 Å². The molecule has 2 N–H and O–H groups in total. The van der Waals surface area contributed by atoms with Crippen LogP contribution in [0.4, 0.5) is 0 Å². The summed E-state index contributed by atoms with van der Waals surface area (Å²) in [6.07, 6.45) is 6.59. The van der Waals surface area contributed by atoms with Crippen molar-refractivity contribution in [1.82, 2.24) is 10.2 Å². The quantitative estimate of drug-likeness (QED) is 0.807. The molecule has 1 saturated heterocycles. The lowest BCUT2D eigenvalue weighted by Gasteiger charge is -2.34. The monoisotopic (exact) mass is 342 g/mol. The molecule has 134 valence electrons. The summed E-state index contributed by atoms with van der Waals surface area (Å²) in [4.78, 5) is 26.3. The summed E-state index contributed by atoms with van der Waals surface area (Å²) in [5.74, 6) is -2.01. The summed E-state index contributed by atoms with van der Waals surface area (Å²) < 4.78 is 0. The second-order valence-corrected chi connectivity index (χ2v) is 7.04. The van der Waals surface area contributed by atoms with Crippen molar-refractivity contribution < 1.29 is 14.7 Å². The highest BCUT2D eigenvalue weighted by atomic mass is 16.4.